The number of aryl methyl sites for hydroxylation is 1. The third-order valence-corrected chi connectivity index (χ3v) is 4.50. The molecule has 1 amide bonds. The SMILES string of the molecule is CN(C)c1ccc([C@H](O)CNC(=O)c2cc(-c3ccc(F)cc3)nn2C)cc1. The van der Waals surface area contributed by atoms with Crippen molar-refractivity contribution in [2.24, 2.45) is 7.05 Å². The van der Waals surface area contributed by atoms with E-state index in [0.29, 0.717) is 11.4 Å². The van der Waals surface area contributed by atoms with Crippen LogP contribution in [0.3, 0.4) is 0 Å². The van der Waals surface area contributed by atoms with Crippen molar-refractivity contribution < 1.29 is 14.3 Å². The molecule has 0 saturated heterocycles. The van der Waals surface area contributed by atoms with Gasteiger partial charge in [0.25, 0.3) is 5.91 Å². The number of hydrogen-bond acceptors (Lipinski definition) is 4. The van der Waals surface area contributed by atoms with Crippen molar-refractivity contribution in [2.45, 2.75) is 6.10 Å². The number of amides is 1. The number of nitrogens with zero attached hydrogens (tertiary/aromatic N) is 3. The van der Waals surface area contributed by atoms with E-state index < -0.39 is 6.10 Å². The van der Waals surface area contributed by atoms with Gasteiger partial charge in [0.1, 0.15) is 11.5 Å². The van der Waals surface area contributed by atoms with Crippen LogP contribution in [0.1, 0.15) is 22.2 Å². The molecule has 0 fully saturated rings. The lowest BCUT2D eigenvalue weighted by Crippen LogP contribution is -2.29. The second-order valence-electron chi connectivity index (χ2n) is 6.76. The summed E-state index contributed by atoms with van der Waals surface area (Å²) in [6.45, 7) is 0.0806. The number of carbonyl (C=O) groups is 1. The Hall–Kier alpha value is -3.19. The fourth-order valence-corrected chi connectivity index (χ4v) is 2.83. The van der Waals surface area contributed by atoms with E-state index in [2.05, 4.69) is 10.4 Å². The number of aromatic nitrogens is 2. The molecule has 0 spiro atoms. The molecule has 0 radical (unpaired) electrons. The van der Waals surface area contributed by atoms with Gasteiger partial charge in [0, 0.05) is 38.9 Å². The summed E-state index contributed by atoms with van der Waals surface area (Å²) in [5.74, 6) is -0.669. The highest BCUT2D eigenvalue weighted by Crippen LogP contribution is 2.20. The summed E-state index contributed by atoms with van der Waals surface area (Å²) < 4.78 is 14.5. The molecule has 7 heteroatoms. The Morgan fingerprint density at radius 1 is 1.18 bits per heavy atom. The lowest BCUT2D eigenvalue weighted by Gasteiger charge is -2.15. The number of aliphatic hydroxyl groups excluding tert-OH is 1. The Morgan fingerprint density at radius 3 is 2.43 bits per heavy atom. The van der Waals surface area contributed by atoms with E-state index in [0.717, 1.165) is 16.8 Å². The minimum atomic E-state index is -0.815. The lowest BCUT2D eigenvalue weighted by molar-refractivity contribution is 0.0907. The third kappa shape index (κ3) is 4.37. The molecule has 2 aromatic carbocycles. The van der Waals surface area contributed by atoms with Crippen LogP contribution >= 0.6 is 0 Å². The molecule has 146 valence electrons. The van der Waals surface area contributed by atoms with Crippen LogP contribution in [-0.4, -0.2) is 41.4 Å². The topological polar surface area (TPSA) is 70.4 Å². The number of nitrogens with one attached hydrogen (secondary N) is 1. The average Bonchev–Trinajstić information content (AvgIpc) is 3.08. The first kappa shape index (κ1) is 19.6. The highest BCUT2D eigenvalue weighted by atomic mass is 19.1. The van der Waals surface area contributed by atoms with Gasteiger partial charge in [-0.15, -0.1) is 0 Å². The Kier molecular flexibility index (Phi) is 5.75. The Labute approximate surface area is 163 Å². The molecule has 3 aromatic rings. The van der Waals surface area contributed by atoms with Gasteiger partial charge in [0.2, 0.25) is 0 Å². The summed E-state index contributed by atoms with van der Waals surface area (Å²) in [6, 6.07) is 15.1. The van der Waals surface area contributed by atoms with Crippen molar-refractivity contribution >= 4 is 11.6 Å². The minimum absolute atomic E-state index is 0.0806. The second kappa shape index (κ2) is 8.22. The first-order valence-electron chi connectivity index (χ1n) is 8.88. The van der Waals surface area contributed by atoms with Crippen molar-refractivity contribution in [1.82, 2.24) is 15.1 Å². The predicted molar refractivity (Wildman–Crippen MR) is 107 cm³/mol. The van der Waals surface area contributed by atoms with E-state index in [9.17, 15) is 14.3 Å². The van der Waals surface area contributed by atoms with Gasteiger partial charge in [-0.25, -0.2) is 4.39 Å². The first-order valence-corrected chi connectivity index (χ1v) is 8.88. The quantitative estimate of drug-likeness (QED) is 0.688. The van der Waals surface area contributed by atoms with Gasteiger partial charge >= 0.3 is 0 Å². The maximum absolute atomic E-state index is 13.1. The summed E-state index contributed by atoms with van der Waals surface area (Å²) in [5, 5.41) is 17.4. The highest BCUT2D eigenvalue weighted by molar-refractivity contribution is 5.93. The van der Waals surface area contributed by atoms with Crippen molar-refractivity contribution in [3.63, 3.8) is 0 Å². The van der Waals surface area contributed by atoms with Crippen LogP contribution in [-0.2, 0) is 7.05 Å². The minimum Gasteiger partial charge on any atom is -0.387 e. The standard InChI is InChI=1S/C21H23FN4O2/c1-25(2)17-10-6-15(7-11-17)20(27)13-23-21(28)19-12-18(24-26(19)3)14-4-8-16(22)9-5-14/h4-12,20,27H,13H2,1-3H3,(H,23,28)/t20-/m1/s1. The molecule has 0 aliphatic heterocycles. The van der Waals surface area contributed by atoms with E-state index >= 15 is 0 Å². The van der Waals surface area contributed by atoms with E-state index in [-0.39, 0.29) is 18.3 Å². The molecule has 6 nitrogen and oxygen atoms in total. The summed E-state index contributed by atoms with van der Waals surface area (Å²) in [6.07, 6.45) is -0.815. The van der Waals surface area contributed by atoms with E-state index in [1.165, 1.54) is 16.8 Å². The molecule has 1 atom stereocenters. The maximum atomic E-state index is 13.1. The van der Waals surface area contributed by atoms with Crippen LogP contribution in [0.25, 0.3) is 11.3 Å². The molecular formula is C21H23FN4O2. The number of halogens is 1. The molecule has 0 unspecified atom stereocenters. The molecule has 2 N–H and O–H groups in total. The van der Waals surface area contributed by atoms with Crippen LogP contribution in [0.4, 0.5) is 10.1 Å². The zero-order valence-electron chi connectivity index (χ0n) is 16.1. The Balaban J connectivity index is 1.65. The van der Waals surface area contributed by atoms with Gasteiger partial charge in [-0.05, 0) is 48.0 Å². The fourth-order valence-electron chi connectivity index (χ4n) is 2.83. The molecule has 0 aliphatic carbocycles. The molecular weight excluding hydrogens is 359 g/mol. The van der Waals surface area contributed by atoms with Gasteiger partial charge in [0.15, 0.2) is 0 Å². The van der Waals surface area contributed by atoms with Crippen molar-refractivity contribution in [1.29, 1.82) is 0 Å². The van der Waals surface area contributed by atoms with Crippen LogP contribution in [0.5, 0.6) is 0 Å². The number of carbonyl (C=O) groups excluding carboxylic acids is 1. The van der Waals surface area contributed by atoms with Crippen LogP contribution < -0.4 is 10.2 Å². The third-order valence-electron chi connectivity index (χ3n) is 4.50. The molecule has 1 aromatic heterocycles. The monoisotopic (exact) mass is 382 g/mol. The zero-order chi connectivity index (χ0) is 20.3. The molecule has 0 saturated carbocycles. The van der Waals surface area contributed by atoms with E-state index in [1.54, 1.807) is 25.2 Å². The normalized spacial score (nSPS) is 11.9. The number of rotatable bonds is 6. The van der Waals surface area contributed by atoms with Crippen molar-refractivity contribution in [3.8, 4) is 11.3 Å². The lowest BCUT2D eigenvalue weighted by atomic mass is 10.1. The molecule has 0 aliphatic rings. The van der Waals surface area contributed by atoms with Crippen LogP contribution in [0.15, 0.2) is 54.6 Å². The first-order chi connectivity index (χ1) is 13.3. The predicted octanol–water partition coefficient (Wildman–Crippen LogP) is 2.76. The Bertz CT molecular complexity index is 950. The number of benzene rings is 2. The summed E-state index contributed by atoms with van der Waals surface area (Å²) >= 11 is 0. The van der Waals surface area contributed by atoms with Crippen molar-refractivity contribution in [2.75, 3.05) is 25.5 Å². The molecule has 0 bridgehead atoms. The van der Waals surface area contributed by atoms with Crippen LogP contribution in [0.2, 0.25) is 0 Å². The van der Waals surface area contributed by atoms with Gasteiger partial charge in [0.05, 0.1) is 11.8 Å². The summed E-state index contributed by atoms with van der Waals surface area (Å²) in [7, 11) is 5.55. The van der Waals surface area contributed by atoms with Gasteiger partial charge in [-0.2, -0.15) is 5.10 Å². The van der Waals surface area contributed by atoms with Gasteiger partial charge < -0.3 is 15.3 Å². The van der Waals surface area contributed by atoms with Crippen molar-refractivity contribution in [3.05, 3.63) is 71.7 Å². The molecule has 28 heavy (non-hydrogen) atoms. The number of aliphatic hydroxyl groups is 1. The smallest absolute Gasteiger partial charge is 0.269 e. The molecule has 3 rings (SSSR count). The largest absolute Gasteiger partial charge is 0.387 e. The average molecular weight is 382 g/mol. The van der Waals surface area contributed by atoms with E-state index in [1.807, 2.05) is 43.3 Å². The number of hydrogen-bond donors (Lipinski definition) is 2. The zero-order valence-corrected chi connectivity index (χ0v) is 16.1. The second-order valence-corrected chi connectivity index (χ2v) is 6.76. The summed E-state index contributed by atoms with van der Waals surface area (Å²) in [4.78, 5) is 14.5. The summed E-state index contributed by atoms with van der Waals surface area (Å²) in [5.41, 5.74) is 3.41. The maximum Gasteiger partial charge on any atom is 0.269 e. The highest BCUT2D eigenvalue weighted by Gasteiger charge is 2.16. The fraction of sp³-hybridized carbons (Fsp3) is 0.238. The van der Waals surface area contributed by atoms with Gasteiger partial charge in [-0.1, -0.05) is 12.1 Å². The molecule has 1 heterocycles. The van der Waals surface area contributed by atoms with Crippen LogP contribution in [0, 0.1) is 5.82 Å². The number of anilines is 1. The Morgan fingerprint density at radius 2 is 1.82 bits per heavy atom. The van der Waals surface area contributed by atoms with E-state index in [4.69, 9.17) is 0 Å². The van der Waals surface area contributed by atoms with Gasteiger partial charge in [-0.3, -0.25) is 9.48 Å².